The smallest absolute Gasteiger partial charge is 0.409 e. The first-order valence-corrected chi connectivity index (χ1v) is 13.1. The molecule has 1 fully saturated rings. The van der Waals surface area contributed by atoms with Gasteiger partial charge in [-0.1, -0.05) is 39.3 Å². The second-order valence-electron chi connectivity index (χ2n) is 8.17. The molecule has 0 spiro atoms. The zero-order valence-electron chi connectivity index (χ0n) is 20.2. The number of aliphatic carboxylic acids is 1. The number of carbonyl (C=O) groups excluding carboxylic acids is 3. The highest BCUT2D eigenvalue weighted by Crippen LogP contribution is 2.41. The summed E-state index contributed by atoms with van der Waals surface area (Å²) >= 11 is 8.08. The molecule has 18 heteroatoms. The van der Waals surface area contributed by atoms with Crippen LogP contribution in [-0.2, 0) is 25.7 Å². The molecule has 0 aliphatic carbocycles. The van der Waals surface area contributed by atoms with E-state index in [-0.39, 0.29) is 39.0 Å². The molecule has 0 unspecified atom stereocenters. The Kier molecular flexibility index (Phi) is 8.12. The Hall–Kier alpha value is -4.09. The second-order valence-corrected chi connectivity index (χ2v) is 10.9. The third kappa shape index (κ3) is 5.69. The van der Waals surface area contributed by atoms with Crippen molar-refractivity contribution in [2.24, 2.45) is 5.16 Å². The number of aromatic nitrogens is 2. The Morgan fingerprint density at radius 3 is 2.77 bits per heavy atom. The number of carboxylic acid groups (broad SMARTS) is 1. The molecule has 2 aromatic rings. The van der Waals surface area contributed by atoms with Gasteiger partial charge in [0.15, 0.2) is 16.6 Å². The number of rotatable bonds is 8. The van der Waals surface area contributed by atoms with E-state index in [9.17, 15) is 29.5 Å². The van der Waals surface area contributed by atoms with Crippen molar-refractivity contribution in [3.8, 4) is 0 Å². The second kappa shape index (κ2) is 11.3. The van der Waals surface area contributed by atoms with Gasteiger partial charge in [-0.25, -0.2) is 14.6 Å². The maximum Gasteiger partial charge on any atom is 0.409 e. The van der Waals surface area contributed by atoms with Crippen LogP contribution in [0.1, 0.15) is 17.1 Å². The van der Waals surface area contributed by atoms with Crippen LogP contribution in [0.15, 0.2) is 33.1 Å². The Bertz CT molecular complexity index is 1430. The molecule has 0 saturated carbocycles. The van der Waals surface area contributed by atoms with E-state index >= 15 is 0 Å². The zero-order valence-corrected chi connectivity index (χ0v) is 22.5. The van der Waals surface area contributed by atoms with Crippen LogP contribution in [0, 0.1) is 0 Å². The summed E-state index contributed by atoms with van der Waals surface area (Å²) < 4.78 is 10.2. The van der Waals surface area contributed by atoms with Crippen LogP contribution in [0.25, 0.3) is 6.08 Å². The lowest BCUT2D eigenvalue weighted by molar-refractivity contribution is -0.150. The fraction of sp³-hybridized carbons (Fsp3) is 0.286. The van der Waals surface area contributed by atoms with E-state index in [0.717, 1.165) is 16.2 Å². The van der Waals surface area contributed by atoms with Crippen LogP contribution < -0.4 is 11.1 Å². The van der Waals surface area contributed by atoms with E-state index < -0.39 is 41.0 Å². The van der Waals surface area contributed by atoms with Crippen molar-refractivity contribution in [3.63, 3.8) is 0 Å². The first kappa shape index (κ1) is 27.9. The summed E-state index contributed by atoms with van der Waals surface area (Å²) in [5.74, 6) is -2.49. The maximum absolute atomic E-state index is 12.9. The highest BCUT2D eigenvalue weighted by molar-refractivity contribution is 8.00. The van der Waals surface area contributed by atoms with Gasteiger partial charge in [0.1, 0.15) is 39.4 Å². The number of β-lactam (4-membered cyclic amide) rings is 1. The summed E-state index contributed by atoms with van der Waals surface area (Å²) in [4.78, 5) is 55.4. The highest BCUT2D eigenvalue weighted by atomic mass is 35.5. The molecule has 2 aliphatic heterocycles. The molecule has 39 heavy (non-hydrogen) atoms. The van der Waals surface area contributed by atoms with Gasteiger partial charge in [-0.05, 0) is 11.6 Å². The van der Waals surface area contributed by atoms with E-state index in [4.69, 9.17) is 26.6 Å². The number of hydrogen-bond acceptors (Lipinski definition) is 13. The van der Waals surface area contributed by atoms with Gasteiger partial charge in [0.25, 0.3) is 11.8 Å². The molecular weight excluding hydrogens is 578 g/mol. The number of halogens is 1. The van der Waals surface area contributed by atoms with E-state index in [1.165, 1.54) is 49.0 Å². The molecular formula is C21H20ClN7O8S2. The fourth-order valence-electron chi connectivity index (χ4n) is 3.57. The SMILES string of the molecule is CN(C)C(=O)OCc1cc(/C=C\C2=C(C(=O)O)N3C(=O)[C@@H](NC(=O)/C(=N\O)c4nc(N)sc4Cl)[C@H]3SC2)on1. The van der Waals surface area contributed by atoms with Crippen molar-refractivity contribution in [3.05, 3.63) is 44.9 Å². The molecule has 0 radical (unpaired) electrons. The molecule has 2 aliphatic rings. The Balaban J connectivity index is 1.46. The van der Waals surface area contributed by atoms with Crippen LogP contribution >= 0.6 is 34.7 Å². The maximum atomic E-state index is 12.9. The van der Waals surface area contributed by atoms with Crippen molar-refractivity contribution in [1.29, 1.82) is 0 Å². The molecule has 0 aromatic carbocycles. The number of amides is 3. The number of allylic oxidation sites excluding steroid dienone is 1. The lowest BCUT2D eigenvalue weighted by Gasteiger charge is -2.49. The predicted molar refractivity (Wildman–Crippen MR) is 139 cm³/mol. The third-order valence-corrected chi connectivity index (χ3v) is 7.75. The van der Waals surface area contributed by atoms with Gasteiger partial charge in [-0.3, -0.25) is 14.5 Å². The first-order valence-electron chi connectivity index (χ1n) is 10.9. The average molecular weight is 598 g/mol. The van der Waals surface area contributed by atoms with Crippen LogP contribution in [0.5, 0.6) is 0 Å². The number of anilines is 1. The quantitative estimate of drug-likeness (QED) is 0.146. The first-order chi connectivity index (χ1) is 18.5. The van der Waals surface area contributed by atoms with Gasteiger partial charge >= 0.3 is 12.1 Å². The fourth-order valence-corrected chi connectivity index (χ4v) is 5.81. The topological polar surface area (TPSA) is 214 Å². The Morgan fingerprint density at radius 1 is 1.41 bits per heavy atom. The number of thioether (sulfide) groups is 1. The molecule has 0 bridgehead atoms. The molecule has 2 atom stereocenters. The Labute approximate surface area is 232 Å². The molecule has 1 saturated heterocycles. The Morgan fingerprint density at radius 2 is 2.15 bits per heavy atom. The molecule has 206 valence electrons. The molecule has 2 aromatic heterocycles. The molecule has 3 amide bonds. The minimum absolute atomic E-state index is 0.0186. The van der Waals surface area contributed by atoms with Crippen molar-refractivity contribution >= 4 is 75.5 Å². The van der Waals surface area contributed by atoms with Crippen molar-refractivity contribution in [1.82, 2.24) is 25.3 Å². The van der Waals surface area contributed by atoms with Crippen LogP contribution in [-0.4, -0.2) is 91.1 Å². The van der Waals surface area contributed by atoms with E-state index in [1.54, 1.807) is 0 Å². The number of thiazole rings is 1. The van der Waals surface area contributed by atoms with Crippen LogP contribution in [0.2, 0.25) is 4.34 Å². The summed E-state index contributed by atoms with van der Waals surface area (Å²) in [6.07, 6.45) is 2.40. The number of carboxylic acids is 1. The normalized spacial score (nSPS) is 19.1. The number of fused-ring (bicyclic) bond motifs is 1. The van der Waals surface area contributed by atoms with Crippen LogP contribution in [0.4, 0.5) is 9.93 Å². The van der Waals surface area contributed by atoms with Gasteiger partial charge in [0.2, 0.25) is 0 Å². The number of carbonyl (C=O) groups is 4. The lowest BCUT2D eigenvalue weighted by Crippen LogP contribution is -2.71. The number of nitrogens with one attached hydrogen (secondary N) is 1. The van der Waals surface area contributed by atoms with Gasteiger partial charge in [0.05, 0.1) is 0 Å². The molecule has 15 nitrogen and oxygen atoms in total. The average Bonchev–Trinajstić information content (AvgIpc) is 3.49. The number of hydrogen-bond donors (Lipinski definition) is 4. The highest BCUT2D eigenvalue weighted by Gasteiger charge is 2.54. The largest absolute Gasteiger partial charge is 0.477 e. The summed E-state index contributed by atoms with van der Waals surface area (Å²) in [6, 6.07) is 0.429. The third-order valence-electron chi connectivity index (χ3n) is 5.36. The summed E-state index contributed by atoms with van der Waals surface area (Å²) in [5.41, 5.74) is 5.29. The molecule has 4 heterocycles. The minimum atomic E-state index is -1.34. The summed E-state index contributed by atoms with van der Waals surface area (Å²) in [6.45, 7) is -0.116. The van der Waals surface area contributed by atoms with E-state index in [0.29, 0.717) is 11.3 Å². The standard InChI is InChI=1S/C21H20ClN7O8S2/c1-28(2)21(34)36-6-9-5-10(37-27-9)4-3-8-7-38-18-13(17(31)29(18)14(8)19(32)33)24-16(30)12(26-35)11-15(22)39-20(23)25-11/h3-5,13,18,35H,6-7H2,1-2H3,(H2,23,25)(H,24,30)(H,32,33)/b4-3-,26-12-/t13-,18-/m1/s1. The number of nitrogens with zero attached hydrogens (tertiary/aromatic N) is 5. The van der Waals surface area contributed by atoms with Crippen molar-refractivity contribution in [2.75, 3.05) is 25.6 Å². The molecule has 5 N–H and O–H groups in total. The van der Waals surface area contributed by atoms with E-state index in [2.05, 4.69) is 20.6 Å². The predicted octanol–water partition coefficient (Wildman–Crippen LogP) is 1.20. The van der Waals surface area contributed by atoms with Gasteiger partial charge < -0.3 is 35.5 Å². The van der Waals surface area contributed by atoms with Gasteiger partial charge in [-0.15, -0.1) is 11.8 Å². The van der Waals surface area contributed by atoms with Crippen LogP contribution in [0.3, 0.4) is 0 Å². The number of ether oxygens (including phenoxy) is 1. The van der Waals surface area contributed by atoms with Gasteiger partial charge in [0, 0.05) is 25.9 Å². The lowest BCUT2D eigenvalue weighted by atomic mass is 10.0. The number of nitrogens with two attached hydrogens (primary N) is 1. The minimum Gasteiger partial charge on any atom is -0.477 e. The number of oxime groups is 1. The van der Waals surface area contributed by atoms with Crippen molar-refractivity contribution in [2.45, 2.75) is 18.0 Å². The zero-order chi connectivity index (χ0) is 28.4. The summed E-state index contributed by atoms with van der Waals surface area (Å²) in [7, 11) is 3.07. The molecule has 4 rings (SSSR count). The number of nitrogen functional groups attached to an aromatic ring is 1. The van der Waals surface area contributed by atoms with E-state index in [1.807, 2.05) is 0 Å². The summed E-state index contributed by atoms with van der Waals surface area (Å²) in [5, 5.41) is 27.7. The van der Waals surface area contributed by atoms with Gasteiger partial charge in [-0.2, -0.15) is 0 Å². The van der Waals surface area contributed by atoms with Crippen molar-refractivity contribution < 1.29 is 38.8 Å². The monoisotopic (exact) mass is 597 g/mol.